The number of benzene rings is 2. The van der Waals surface area contributed by atoms with Crippen molar-refractivity contribution in [1.29, 1.82) is 0 Å². The van der Waals surface area contributed by atoms with Gasteiger partial charge in [0.1, 0.15) is 10.0 Å². The summed E-state index contributed by atoms with van der Waals surface area (Å²) in [6.07, 6.45) is 0. The van der Waals surface area contributed by atoms with Crippen LogP contribution in [0.2, 0.25) is 20.1 Å². The van der Waals surface area contributed by atoms with Crippen LogP contribution in [0, 0.1) is 0 Å². The minimum Gasteiger partial charge on any atom is -0.351 e. The molecule has 0 aliphatic carbocycles. The quantitative estimate of drug-likeness (QED) is 0.740. The monoisotopic (exact) mass is 386 g/mol. The van der Waals surface area contributed by atoms with E-state index in [0.29, 0.717) is 0 Å². The van der Waals surface area contributed by atoms with E-state index in [1.165, 1.54) is 36.4 Å². The van der Waals surface area contributed by atoms with Gasteiger partial charge in [0.2, 0.25) is 0 Å². The zero-order valence-corrected chi connectivity index (χ0v) is 13.9. The molecular weight excluding hydrogens is 382 g/mol. The average Bonchev–Trinajstić information content (AvgIpc) is 2.40. The Bertz CT molecular complexity index is 717. The van der Waals surface area contributed by atoms with Gasteiger partial charge in [0.05, 0.1) is 10.0 Å². The lowest BCUT2D eigenvalue weighted by molar-refractivity contribution is 0.392. The van der Waals surface area contributed by atoms with E-state index in [1.807, 2.05) is 0 Å². The first kappa shape index (κ1) is 16.5. The van der Waals surface area contributed by atoms with E-state index in [-0.39, 0.29) is 31.6 Å². The van der Waals surface area contributed by atoms with Crippen molar-refractivity contribution in [3.63, 3.8) is 0 Å². The van der Waals surface area contributed by atoms with Crippen LogP contribution >= 0.6 is 46.4 Å². The smallest absolute Gasteiger partial charge is 0.351 e. The molecule has 0 saturated carbocycles. The zero-order valence-electron chi connectivity index (χ0n) is 10.0. The Hall–Kier alpha value is -0.850. The van der Waals surface area contributed by atoms with Gasteiger partial charge in [-0.15, -0.1) is 8.42 Å². The summed E-state index contributed by atoms with van der Waals surface area (Å²) in [7, 11) is -4.45. The molecule has 112 valence electrons. The molecule has 0 amide bonds. The van der Waals surface area contributed by atoms with Crippen LogP contribution in [-0.4, -0.2) is 8.42 Å². The molecule has 0 radical (unpaired) electrons. The van der Waals surface area contributed by atoms with Crippen LogP contribution in [0.1, 0.15) is 0 Å². The van der Waals surface area contributed by atoms with Crippen LogP contribution in [-0.2, 0) is 10.4 Å². The zero-order chi connectivity index (χ0) is 15.6. The minimum atomic E-state index is -4.45. The third-order valence-electron chi connectivity index (χ3n) is 2.22. The Kier molecular flexibility index (Phi) is 5.11. The van der Waals surface area contributed by atoms with E-state index >= 15 is 0 Å². The van der Waals surface area contributed by atoms with Crippen molar-refractivity contribution < 1.29 is 16.8 Å². The Labute approximate surface area is 141 Å². The number of hydrogen-bond donors (Lipinski definition) is 0. The van der Waals surface area contributed by atoms with Crippen molar-refractivity contribution in [2.24, 2.45) is 0 Å². The Morgan fingerprint density at radius 2 is 1.10 bits per heavy atom. The fourth-order valence-corrected chi connectivity index (χ4v) is 2.84. The normalized spacial score (nSPS) is 11.2. The molecule has 0 fully saturated rings. The molecule has 9 heteroatoms. The van der Waals surface area contributed by atoms with Gasteiger partial charge in [0, 0.05) is 0 Å². The van der Waals surface area contributed by atoms with Crippen molar-refractivity contribution in [2.45, 2.75) is 0 Å². The summed E-state index contributed by atoms with van der Waals surface area (Å²) in [5, 5.41) is 0.183. The van der Waals surface area contributed by atoms with Crippen molar-refractivity contribution in [3.8, 4) is 11.5 Å². The van der Waals surface area contributed by atoms with Crippen molar-refractivity contribution in [1.82, 2.24) is 0 Å². The molecule has 2 aromatic rings. The van der Waals surface area contributed by atoms with Crippen molar-refractivity contribution in [3.05, 3.63) is 56.5 Å². The second-order valence-corrected chi connectivity index (χ2v) is 6.40. The van der Waals surface area contributed by atoms with Gasteiger partial charge in [-0.3, -0.25) is 0 Å². The van der Waals surface area contributed by atoms with Crippen LogP contribution in [0.3, 0.4) is 0 Å². The Morgan fingerprint density at radius 3 is 1.48 bits per heavy atom. The average molecular weight is 388 g/mol. The number of rotatable bonds is 4. The van der Waals surface area contributed by atoms with E-state index in [0.717, 1.165) is 0 Å². The van der Waals surface area contributed by atoms with Gasteiger partial charge in [0.25, 0.3) is 0 Å². The summed E-state index contributed by atoms with van der Waals surface area (Å²) >= 11 is 23.2. The van der Waals surface area contributed by atoms with E-state index in [4.69, 9.17) is 54.8 Å². The van der Waals surface area contributed by atoms with Crippen LogP contribution in [0.15, 0.2) is 36.4 Å². The molecule has 0 saturated heterocycles. The molecule has 0 aromatic heterocycles. The lowest BCUT2D eigenvalue weighted by Gasteiger charge is -2.10. The molecule has 0 N–H and O–H groups in total. The summed E-state index contributed by atoms with van der Waals surface area (Å²) in [5.74, 6) is -0.329. The molecule has 0 aliphatic heterocycles. The summed E-state index contributed by atoms with van der Waals surface area (Å²) < 4.78 is 33.2. The van der Waals surface area contributed by atoms with Crippen LogP contribution in [0.25, 0.3) is 0 Å². The third kappa shape index (κ3) is 4.08. The van der Waals surface area contributed by atoms with Crippen molar-refractivity contribution >= 4 is 56.8 Å². The maximum absolute atomic E-state index is 11.8. The van der Waals surface area contributed by atoms with Gasteiger partial charge in [-0.1, -0.05) is 58.5 Å². The lowest BCUT2D eigenvalue weighted by atomic mass is 10.3. The Morgan fingerprint density at radius 1 is 0.714 bits per heavy atom. The van der Waals surface area contributed by atoms with E-state index in [9.17, 15) is 8.42 Å². The number of halogens is 4. The SMILES string of the molecule is O=S(=O)(Oc1cccc(Cl)c1Cl)Oc1cccc(Cl)c1Cl. The Balaban J connectivity index is 2.27. The molecule has 21 heavy (non-hydrogen) atoms. The van der Waals surface area contributed by atoms with Crippen LogP contribution in [0.4, 0.5) is 0 Å². The summed E-state index contributed by atoms with van der Waals surface area (Å²) in [4.78, 5) is 0. The second kappa shape index (κ2) is 6.50. The molecule has 4 nitrogen and oxygen atoms in total. The van der Waals surface area contributed by atoms with E-state index in [1.54, 1.807) is 0 Å². The number of hydrogen-bond acceptors (Lipinski definition) is 4. The molecule has 2 rings (SSSR count). The fraction of sp³-hybridized carbons (Fsp3) is 0. The topological polar surface area (TPSA) is 52.6 Å². The first-order chi connectivity index (χ1) is 9.80. The van der Waals surface area contributed by atoms with E-state index in [2.05, 4.69) is 0 Å². The molecule has 0 spiro atoms. The first-order valence-corrected chi connectivity index (χ1v) is 8.16. The van der Waals surface area contributed by atoms with Crippen LogP contribution in [0.5, 0.6) is 11.5 Å². The minimum absolute atomic E-state index is 0.0523. The second-order valence-electron chi connectivity index (χ2n) is 3.68. The largest absolute Gasteiger partial charge is 0.501 e. The van der Waals surface area contributed by atoms with Gasteiger partial charge in [-0.2, -0.15) is 0 Å². The summed E-state index contributed by atoms with van der Waals surface area (Å²) in [5.41, 5.74) is 0. The highest BCUT2D eigenvalue weighted by Crippen LogP contribution is 2.35. The van der Waals surface area contributed by atoms with Gasteiger partial charge in [0.15, 0.2) is 11.5 Å². The van der Waals surface area contributed by atoms with Crippen LogP contribution < -0.4 is 8.37 Å². The molecule has 0 aliphatic rings. The molecule has 0 heterocycles. The molecule has 0 atom stereocenters. The predicted octanol–water partition coefficient (Wildman–Crippen LogP) is 5.00. The van der Waals surface area contributed by atoms with Gasteiger partial charge < -0.3 is 8.37 Å². The molecule has 0 bridgehead atoms. The highest BCUT2D eigenvalue weighted by atomic mass is 35.5. The molecular formula is C12H6Cl4O4S. The lowest BCUT2D eigenvalue weighted by Crippen LogP contribution is -2.17. The van der Waals surface area contributed by atoms with Gasteiger partial charge in [-0.05, 0) is 24.3 Å². The fourth-order valence-electron chi connectivity index (χ4n) is 1.33. The summed E-state index contributed by atoms with van der Waals surface area (Å²) in [6, 6.07) is 8.58. The maximum atomic E-state index is 11.8. The van der Waals surface area contributed by atoms with Crippen molar-refractivity contribution in [2.75, 3.05) is 0 Å². The molecule has 0 unspecified atom stereocenters. The van der Waals surface area contributed by atoms with Gasteiger partial charge >= 0.3 is 10.4 Å². The standard InChI is InChI=1S/C12H6Cl4O4S/c13-7-3-1-5-9(11(7)15)19-21(17,18)20-10-6-2-4-8(14)12(10)16/h1-6H. The highest BCUT2D eigenvalue weighted by molar-refractivity contribution is 7.82. The maximum Gasteiger partial charge on any atom is 0.501 e. The third-order valence-corrected chi connectivity index (χ3v) is 4.59. The molecule has 2 aromatic carbocycles. The highest BCUT2D eigenvalue weighted by Gasteiger charge is 2.20. The van der Waals surface area contributed by atoms with Gasteiger partial charge in [-0.25, -0.2) is 0 Å². The predicted molar refractivity (Wildman–Crippen MR) is 83.1 cm³/mol. The first-order valence-electron chi connectivity index (χ1n) is 5.32. The summed E-state index contributed by atoms with van der Waals surface area (Å²) in [6.45, 7) is 0. The van der Waals surface area contributed by atoms with E-state index < -0.39 is 10.4 Å².